The van der Waals surface area contributed by atoms with Crippen LogP contribution in [-0.2, 0) is 38.1 Å². The Labute approximate surface area is 149 Å². The van der Waals surface area contributed by atoms with Gasteiger partial charge < -0.3 is 34.5 Å². The first-order valence-electron chi connectivity index (χ1n) is 7.82. The lowest BCUT2D eigenvalue weighted by Crippen LogP contribution is -2.66. The number of carbonyl (C=O) groups is 4. The molecule has 0 saturated carbocycles. The smallest absolute Gasteiger partial charge is 0.332 e. The number of nitrogens with one attached hydrogen (secondary N) is 1. The fourth-order valence-electron chi connectivity index (χ4n) is 2.43. The minimum atomic E-state index is -1.61. The van der Waals surface area contributed by atoms with E-state index in [1.807, 2.05) is 0 Å². The molecule has 6 atom stereocenters. The zero-order valence-corrected chi connectivity index (χ0v) is 14.8. The number of ether oxygens (including phenoxy) is 4. The second-order valence-corrected chi connectivity index (χ2v) is 5.75. The van der Waals surface area contributed by atoms with Gasteiger partial charge in [-0.25, -0.2) is 4.79 Å². The number of aliphatic carboxylic acids is 1. The van der Waals surface area contributed by atoms with Crippen molar-refractivity contribution in [1.82, 2.24) is 5.32 Å². The number of carbonyl (C=O) groups excluding carboxylic acids is 3. The summed E-state index contributed by atoms with van der Waals surface area (Å²) in [6, 6.07) is -1.22. The molecular formula is C15H23NO10. The molecule has 0 aromatic rings. The number of hydrogen-bond acceptors (Lipinski definition) is 9. The van der Waals surface area contributed by atoms with Gasteiger partial charge in [0.15, 0.2) is 18.5 Å². The molecule has 1 heterocycles. The molecule has 0 bridgehead atoms. The first kappa shape index (κ1) is 21.8. The van der Waals surface area contributed by atoms with Gasteiger partial charge in [0.2, 0.25) is 5.91 Å². The monoisotopic (exact) mass is 377 g/mol. The average molecular weight is 377 g/mol. The first-order chi connectivity index (χ1) is 12.0. The van der Waals surface area contributed by atoms with Crippen LogP contribution in [0.25, 0.3) is 0 Å². The van der Waals surface area contributed by atoms with Crippen LogP contribution < -0.4 is 5.32 Å². The number of carboxylic acid groups (broad SMARTS) is 1. The normalized spacial score (nSPS) is 29.3. The molecule has 26 heavy (non-hydrogen) atoms. The summed E-state index contributed by atoms with van der Waals surface area (Å²) < 4.78 is 20.7. The summed E-state index contributed by atoms with van der Waals surface area (Å²) in [7, 11) is 0. The van der Waals surface area contributed by atoms with Crippen molar-refractivity contribution < 1.29 is 48.3 Å². The maximum absolute atomic E-state index is 11.5. The van der Waals surface area contributed by atoms with Crippen molar-refractivity contribution in [2.75, 3.05) is 6.61 Å². The van der Waals surface area contributed by atoms with Crippen molar-refractivity contribution in [1.29, 1.82) is 0 Å². The Hall–Kier alpha value is -2.24. The van der Waals surface area contributed by atoms with Gasteiger partial charge in [-0.05, 0) is 6.92 Å². The summed E-state index contributed by atoms with van der Waals surface area (Å²) in [6.07, 6.45) is -6.59. The van der Waals surface area contributed by atoms with Gasteiger partial charge in [0, 0.05) is 20.8 Å². The highest BCUT2D eigenvalue weighted by atomic mass is 16.7. The molecule has 148 valence electrons. The van der Waals surface area contributed by atoms with E-state index in [9.17, 15) is 24.3 Å². The molecule has 1 unspecified atom stereocenters. The molecule has 0 aromatic carbocycles. The number of aliphatic hydroxyl groups is 1. The van der Waals surface area contributed by atoms with E-state index in [-0.39, 0.29) is 6.61 Å². The molecule has 1 aliphatic rings. The van der Waals surface area contributed by atoms with Crippen molar-refractivity contribution in [2.45, 2.75) is 64.4 Å². The standard InChI is InChI=1S/C15H23NO10/c1-6(14(20)21)24-13-11(16-7(2)17)15(22)26-10(5-23-8(3)18)12(13)25-9(4)19/h6,10-13,15,22H,5H2,1-4H3,(H,16,17)(H,20,21)/t6-,10-,11-,12-,13-,15?/m1/s1. The highest BCUT2D eigenvalue weighted by Gasteiger charge is 2.50. The number of rotatable bonds is 7. The molecule has 0 aliphatic carbocycles. The van der Waals surface area contributed by atoms with Crippen LogP contribution in [-0.4, -0.2) is 77.4 Å². The number of aliphatic hydroxyl groups excluding tert-OH is 1. The van der Waals surface area contributed by atoms with Gasteiger partial charge in [-0.3, -0.25) is 14.4 Å². The molecule has 11 heteroatoms. The van der Waals surface area contributed by atoms with E-state index in [0.717, 1.165) is 13.8 Å². The van der Waals surface area contributed by atoms with E-state index < -0.39 is 60.6 Å². The van der Waals surface area contributed by atoms with Crippen molar-refractivity contribution in [3.63, 3.8) is 0 Å². The second-order valence-electron chi connectivity index (χ2n) is 5.75. The molecule has 1 amide bonds. The summed E-state index contributed by atoms with van der Waals surface area (Å²) in [5.41, 5.74) is 0. The topological polar surface area (TPSA) is 158 Å². The van der Waals surface area contributed by atoms with Crippen molar-refractivity contribution in [3.05, 3.63) is 0 Å². The third-order valence-corrected chi connectivity index (χ3v) is 3.50. The fraction of sp³-hybridized carbons (Fsp3) is 0.733. The number of amides is 1. The van der Waals surface area contributed by atoms with Gasteiger partial charge in [-0.2, -0.15) is 0 Å². The van der Waals surface area contributed by atoms with E-state index >= 15 is 0 Å². The summed E-state index contributed by atoms with van der Waals surface area (Å²) in [5, 5.41) is 21.6. The predicted octanol–water partition coefficient (Wildman–Crippen LogP) is -1.44. The number of esters is 2. The molecule has 1 rings (SSSR count). The Bertz CT molecular complexity index is 551. The lowest BCUT2D eigenvalue weighted by Gasteiger charge is -2.44. The van der Waals surface area contributed by atoms with Gasteiger partial charge in [0.1, 0.15) is 24.9 Å². The zero-order chi connectivity index (χ0) is 20.0. The Morgan fingerprint density at radius 2 is 1.73 bits per heavy atom. The quantitative estimate of drug-likeness (QED) is 0.449. The van der Waals surface area contributed by atoms with E-state index in [4.69, 9.17) is 24.1 Å². The second kappa shape index (κ2) is 9.46. The molecule has 1 saturated heterocycles. The van der Waals surface area contributed by atoms with Crippen LogP contribution in [0.5, 0.6) is 0 Å². The Kier molecular flexibility index (Phi) is 7.93. The van der Waals surface area contributed by atoms with Crippen LogP contribution in [0.2, 0.25) is 0 Å². The van der Waals surface area contributed by atoms with Crippen LogP contribution in [0.1, 0.15) is 27.7 Å². The zero-order valence-electron chi connectivity index (χ0n) is 14.8. The van der Waals surface area contributed by atoms with E-state index in [1.165, 1.54) is 13.8 Å². The maximum Gasteiger partial charge on any atom is 0.332 e. The third kappa shape index (κ3) is 6.24. The van der Waals surface area contributed by atoms with Gasteiger partial charge in [0.25, 0.3) is 0 Å². The molecule has 1 fully saturated rings. The van der Waals surface area contributed by atoms with E-state index in [1.54, 1.807) is 0 Å². The summed E-state index contributed by atoms with van der Waals surface area (Å²) in [5.74, 6) is -3.22. The fourth-order valence-corrected chi connectivity index (χ4v) is 2.43. The van der Waals surface area contributed by atoms with Gasteiger partial charge >= 0.3 is 17.9 Å². The molecule has 3 N–H and O–H groups in total. The van der Waals surface area contributed by atoms with Crippen LogP contribution >= 0.6 is 0 Å². The minimum absolute atomic E-state index is 0.377. The van der Waals surface area contributed by atoms with E-state index in [2.05, 4.69) is 5.32 Å². The van der Waals surface area contributed by atoms with Crippen molar-refractivity contribution in [3.8, 4) is 0 Å². The van der Waals surface area contributed by atoms with Crippen LogP contribution in [0.4, 0.5) is 0 Å². The molecule has 0 radical (unpaired) electrons. The van der Waals surface area contributed by atoms with Crippen molar-refractivity contribution >= 4 is 23.8 Å². The predicted molar refractivity (Wildman–Crippen MR) is 82.6 cm³/mol. The molecule has 11 nitrogen and oxygen atoms in total. The summed E-state index contributed by atoms with van der Waals surface area (Å²) in [6.45, 7) is 4.30. The van der Waals surface area contributed by atoms with E-state index in [0.29, 0.717) is 0 Å². The van der Waals surface area contributed by atoms with Crippen molar-refractivity contribution in [2.24, 2.45) is 0 Å². The Morgan fingerprint density at radius 1 is 1.12 bits per heavy atom. The maximum atomic E-state index is 11.5. The Balaban J connectivity index is 3.17. The lowest BCUT2D eigenvalue weighted by atomic mass is 9.96. The average Bonchev–Trinajstić information content (AvgIpc) is 2.50. The SMILES string of the molecule is CC(=O)N[C@H]1C(O)O[C@H](COC(C)=O)[C@@H](OC(C)=O)[C@@H]1O[C@H](C)C(=O)O. The highest BCUT2D eigenvalue weighted by Crippen LogP contribution is 2.27. The largest absolute Gasteiger partial charge is 0.479 e. The van der Waals surface area contributed by atoms with Crippen LogP contribution in [0.3, 0.4) is 0 Å². The summed E-state index contributed by atoms with van der Waals surface area (Å²) in [4.78, 5) is 45.1. The third-order valence-electron chi connectivity index (χ3n) is 3.50. The van der Waals surface area contributed by atoms with Gasteiger partial charge in [-0.1, -0.05) is 0 Å². The van der Waals surface area contributed by atoms with Crippen LogP contribution in [0, 0.1) is 0 Å². The molecule has 1 aliphatic heterocycles. The van der Waals surface area contributed by atoms with Gasteiger partial charge in [0.05, 0.1) is 0 Å². The number of hydrogen-bond donors (Lipinski definition) is 3. The Morgan fingerprint density at radius 3 is 2.19 bits per heavy atom. The molecule has 0 spiro atoms. The van der Waals surface area contributed by atoms with Gasteiger partial charge in [-0.15, -0.1) is 0 Å². The number of carboxylic acids is 1. The van der Waals surface area contributed by atoms with Crippen LogP contribution in [0.15, 0.2) is 0 Å². The summed E-state index contributed by atoms with van der Waals surface area (Å²) >= 11 is 0. The highest BCUT2D eigenvalue weighted by molar-refractivity contribution is 5.73. The lowest BCUT2D eigenvalue weighted by molar-refractivity contribution is -0.272. The molecular weight excluding hydrogens is 354 g/mol. The molecule has 0 aromatic heterocycles. The minimum Gasteiger partial charge on any atom is -0.479 e. The first-order valence-corrected chi connectivity index (χ1v) is 7.82.